The van der Waals surface area contributed by atoms with Crippen LogP contribution in [0.15, 0.2) is 70.3 Å². The van der Waals surface area contributed by atoms with Gasteiger partial charge in [0.1, 0.15) is 0 Å². The summed E-state index contributed by atoms with van der Waals surface area (Å²) in [6.07, 6.45) is 0. The van der Waals surface area contributed by atoms with Gasteiger partial charge in [0.2, 0.25) is 0 Å². The summed E-state index contributed by atoms with van der Waals surface area (Å²) in [5, 5.41) is 0.421. The Balaban J connectivity index is 1.97. The minimum Gasteiger partial charge on any atom is -0.494 e. The van der Waals surface area contributed by atoms with Crippen molar-refractivity contribution in [1.82, 2.24) is 9.13 Å². The molecule has 0 atom stereocenters. The lowest BCUT2D eigenvalue weighted by Crippen LogP contribution is -2.39. The highest BCUT2D eigenvalue weighted by Gasteiger charge is 2.15. The van der Waals surface area contributed by atoms with Crippen LogP contribution in [0.2, 0.25) is 0 Å². The van der Waals surface area contributed by atoms with Crippen molar-refractivity contribution >= 4 is 10.9 Å². The highest BCUT2D eigenvalue weighted by atomic mass is 19.1. The number of methoxy groups -OCH3 is 1. The zero-order chi connectivity index (χ0) is 21.4. The standard InChI is InChI=1S/C24H21FN2O3/c1-15-8-10-18(12-16(15)2)27-23(28)19-6-4-5-7-21(19)26(24(27)29)14-17-9-11-22(30-3)20(25)13-17/h4-13H,14H2,1-3H3. The van der Waals surface area contributed by atoms with Crippen molar-refractivity contribution in [2.75, 3.05) is 7.11 Å². The van der Waals surface area contributed by atoms with E-state index in [4.69, 9.17) is 4.74 Å². The van der Waals surface area contributed by atoms with Gasteiger partial charge in [-0.3, -0.25) is 9.36 Å². The molecule has 0 spiro atoms. The summed E-state index contributed by atoms with van der Waals surface area (Å²) in [5.41, 5.74) is 2.80. The van der Waals surface area contributed by atoms with Crippen LogP contribution < -0.4 is 16.0 Å². The predicted octanol–water partition coefficient (Wildman–Crippen LogP) is 3.97. The highest BCUT2D eigenvalue weighted by Crippen LogP contribution is 2.19. The summed E-state index contributed by atoms with van der Waals surface area (Å²) in [6.45, 7) is 4.02. The van der Waals surface area contributed by atoms with Crippen molar-refractivity contribution in [3.63, 3.8) is 0 Å². The van der Waals surface area contributed by atoms with E-state index in [0.717, 1.165) is 11.1 Å². The molecule has 0 bridgehead atoms. The normalized spacial score (nSPS) is 11.1. The maximum Gasteiger partial charge on any atom is 0.336 e. The molecule has 5 nitrogen and oxygen atoms in total. The van der Waals surface area contributed by atoms with E-state index in [1.807, 2.05) is 26.0 Å². The molecule has 0 aliphatic carbocycles. The summed E-state index contributed by atoms with van der Waals surface area (Å²) < 4.78 is 21.8. The molecule has 4 rings (SSSR count). The average Bonchev–Trinajstić information content (AvgIpc) is 2.74. The molecule has 0 saturated carbocycles. The first kappa shape index (κ1) is 19.6. The fraction of sp³-hybridized carbons (Fsp3) is 0.167. The van der Waals surface area contributed by atoms with E-state index in [0.29, 0.717) is 22.2 Å². The average molecular weight is 404 g/mol. The Labute approximate surface area is 172 Å². The lowest BCUT2D eigenvalue weighted by molar-refractivity contribution is 0.386. The molecular formula is C24H21FN2O3. The molecule has 6 heteroatoms. The summed E-state index contributed by atoms with van der Waals surface area (Å²) >= 11 is 0. The molecule has 0 N–H and O–H groups in total. The summed E-state index contributed by atoms with van der Waals surface area (Å²) in [5.74, 6) is -0.370. The zero-order valence-corrected chi connectivity index (χ0v) is 17.0. The third kappa shape index (κ3) is 3.30. The van der Waals surface area contributed by atoms with Crippen molar-refractivity contribution in [3.05, 3.63) is 104 Å². The molecule has 152 valence electrons. The van der Waals surface area contributed by atoms with Crippen molar-refractivity contribution in [2.45, 2.75) is 20.4 Å². The molecule has 1 aromatic heterocycles. The monoisotopic (exact) mass is 404 g/mol. The number of hydrogen-bond donors (Lipinski definition) is 0. The van der Waals surface area contributed by atoms with Gasteiger partial charge in [-0.2, -0.15) is 0 Å². The third-order valence-corrected chi connectivity index (χ3v) is 5.36. The number of rotatable bonds is 4. The highest BCUT2D eigenvalue weighted by molar-refractivity contribution is 5.78. The number of aromatic nitrogens is 2. The van der Waals surface area contributed by atoms with Crippen LogP contribution in [-0.2, 0) is 6.54 Å². The number of fused-ring (bicyclic) bond motifs is 1. The summed E-state index contributed by atoms with van der Waals surface area (Å²) in [4.78, 5) is 26.6. The first-order chi connectivity index (χ1) is 14.4. The van der Waals surface area contributed by atoms with Crippen molar-refractivity contribution < 1.29 is 9.13 Å². The van der Waals surface area contributed by atoms with Gasteiger partial charge in [0, 0.05) is 0 Å². The van der Waals surface area contributed by atoms with Crippen LogP contribution in [0.3, 0.4) is 0 Å². The number of benzene rings is 3. The van der Waals surface area contributed by atoms with Gasteiger partial charge in [-0.05, 0) is 66.9 Å². The number of halogens is 1. The molecule has 30 heavy (non-hydrogen) atoms. The lowest BCUT2D eigenvalue weighted by Gasteiger charge is -2.15. The summed E-state index contributed by atoms with van der Waals surface area (Å²) in [6, 6.07) is 17.0. The Morgan fingerprint density at radius 3 is 2.40 bits per heavy atom. The molecule has 1 heterocycles. The van der Waals surface area contributed by atoms with Gasteiger partial charge in [0.15, 0.2) is 11.6 Å². The van der Waals surface area contributed by atoms with Gasteiger partial charge in [-0.1, -0.05) is 24.3 Å². The van der Waals surface area contributed by atoms with Crippen LogP contribution >= 0.6 is 0 Å². The molecule has 4 aromatic rings. The molecule has 0 radical (unpaired) electrons. The molecule has 0 unspecified atom stereocenters. The molecule has 0 amide bonds. The Bertz CT molecular complexity index is 1390. The Morgan fingerprint density at radius 2 is 1.70 bits per heavy atom. The SMILES string of the molecule is COc1ccc(Cn2c(=O)n(-c3ccc(C)c(C)c3)c(=O)c3ccccc32)cc1F. The van der Waals surface area contributed by atoms with Crippen molar-refractivity contribution in [2.24, 2.45) is 0 Å². The Hall–Kier alpha value is -3.67. The van der Waals surface area contributed by atoms with E-state index in [9.17, 15) is 14.0 Å². The minimum absolute atomic E-state index is 0.116. The van der Waals surface area contributed by atoms with Crippen molar-refractivity contribution in [3.8, 4) is 11.4 Å². The van der Waals surface area contributed by atoms with Crippen LogP contribution in [0.5, 0.6) is 5.75 Å². The molecule has 3 aromatic carbocycles. The van der Waals surface area contributed by atoms with E-state index in [2.05, 4.69) is 0 Å². The number of ether oxygens (including phenoxy) is 1. The maximum absolute atomic E-state index is 14.2. The largest absolute Gasteiger partial charge is 0.494 e. The first-order valence-electron chi connectivity index (χ1n) is 9.55. The predicted molar refractivity (Wildman–Crippen MR) is 115 cm³/mol. The number of para-hydroxylation sites is 1. The van der Waals surface area contributed by atoms with Crippen LogP contribution in [0.1, 0.15) is 16.7 Å². The Kier molecular flexibility index (Phi) is 4.99. The van der Waals surface area contributed by atoms with E-state index < -0.39 is 11.5 Å². The number of nitrogens with zero attached hydrogens (tertiary/aromatic N) is 2. The molecule has 0 aliphatic rings. The second kappa shape index (κ2) is 7.63. The molecule has 0 saturated heterocycles. The van der Waals surface area contributed by atoms with Crippen LogP contribution in [0, 0.1) is 19.7 Å². The van der Waals surface area contributed by atoms with Gasteiger partial charge in [0.05, 0.1) is 30.2 Å². The van der Waals surface area contributed by atoms with Crippen LogP contribution in [0.25, 0.3) is 16.6 Å². The van der Waals surface area contributed by atoms with Gasteiger partial charge >= 0.3 is 5.69 Å². The third-order valence-electron chi connectivity index (χ3n) is 5.36. The van der Waals surface area contributed by atoms with Gasteiger partial charge in [-0.25, -0.2) is 13.8 Å². The number of hydrogen-bond acceptors (Lipinski definition) is 3. The van der Waals surface area contributed by atoms with Gasteiger partial charge in [0.25, 0.3) is 5.56 Å². The van der Waals surface area contributed by atoms with Crippen LogP contribution in [0.4, 0.5) is 4.39 Å². The molecular weight excluding hydrogens is 383 g/mol. The maximum atomic E-state index is 14.2. The van der Waals surface area contributed by atoms with E-state index in [1.54, 1.807) is 36.4 Å². The molecule has 0 fully saturated rings. The van der Waals surface area contributed by atoms with E-state index >= 15 is 0 Å². The van der Waals surface area contributed by atoms with E-state index in [1.165, 1.54) is 28.4 Å². The van der Waals surface area contributed by atoms with Gasteiger partial charge in [-0.15, -0.1) is 0 Å². The first-order valence-corrected chi connectivity index (χ1v) is 9.55. The smallest absolute Gasteiger partial charge is 0.336 e. The Morgan fingerprint density at radius 1 is 0.933 bits per heavy atom. The number of aryl methyl sites for hydroxylation is 2. The minimum atomic E-state index is -0.505. The second-order valence-corrected chi connectivity index (χ2v) is 7.26. The van der Waals surface area contributed by atoms with E-state index in [-0.39, 0.29) is 17.9 Å². The fourth-order valence-electron chi connectivity index (χ4n) is 3.56. The topological polar surface area (TPSA) is 53.2 Å². The van der Waals surface area contributed by atoms with Crippen LogP contribution in [-0.4, -0.2) is 16.2 Å². The second-order valence-electron chi connectivity index (χ2n) is 7.26. The van der Waals surface area contributed by atoms with Crippen molar-refractivity contribution in [1.29, 1.82) is 0 Å². The lowest BCUT2D eigenvalue weighted by atomic mass is 10.1. The molecule has 0 aliphatic heterocycles. The van der Waals surface area contributed by atoms with Gasteiger partial charge < -0.3 is 4.74 Å². The quantitative estimate of drug-likeness (QED) is 0.517. The summed E-state index contributed by atoms with van der Waals surface area (Å²) in [7, 11) is 1.40. The zero-order valence-electron chi connectivity index (χ0n) is 17.0. The fourth-order valence-corrected chi connectivity index (χ4v) is 3.56.